The van der Waals surface area contributed by atoms with Gasteiger partial charge in [0.15, 0.2) is 0 Å². The highest BCUT2D eigenvalue weighted by atomic mass is 35.5. The van der Waals surface area contributed by atoms with E-state index >= 15 is 0 Å². The van der Waals surface area contributed by atoms with Gasteiger partial charge in [-0.05, 0) is 50.8 Å². The van der Waals surface area contributed by atoms with E-state index < -0.39 is 0 Å². The van der Waals surface area contributed by atoms with Crippen molar-refractivity contribution in [2.24, 2.45) is 5.92 Å². The van der Waals surface area contributed by atoms with E-state index in [0.29, 0.717) is 5.92 Å². The fourth-order valence-corrected chi connectivity index (χ4v) is 1.89. The summed E-state index contributed by atoms with van der Waals surface area (Å²) in [5.41, 5.74) is 3.83. The Kier molecular flexibility index (Phi) is 5.64. The minimum atomic E-state index is 0.138. The van der Waals surface area contributed by atoms with Crippen LogP contribution in [0, 0.1) is 12.8 Å². The third kappa shape index (κ3) is 5.80. The summed E-state index contributed by atoms with van der Waals surface area (Å²) in [4.78, 5) is 0. The highest BCUT2D eigenvalue weighted by Gasteiger charge is 2.11. The van der Waals surface area contributed by atoms with E-state index in [4.69, 9.17) is 11.6 Å². The van der Waals surface area contributed by atoms with Gasteiger partial charge in [0.05, 0.1) is 0 Å². The van der Waals surface area contributed by atoms with Gasteiger partial charge >= 0.3 is 0 Å². The Morgan fingerprint density at radius 2 is 1.95 bits per heavy atom. The summed E-state index contributed by atoms with van der Waals surface area (Å²) in [6.07, 6.45) is 2.24. The Morgan fingerprint density at radius 1 is 1.32 bits per heavy atom. The van der Waals surface area contributed by atoms with Gasteiger partial charge in [-0.1, -0.05) is 49.2 Å². The molecule has 0 atom stereocenters. The maximum absolute atomic E-state index is 6.18. The van der Waals surface area contributed by atoms with Crippen molar-refractivity contribution in [3.63, 3.8) is 0 Å². The molecule has 19 heavy (non-hydrogen) atoms. The third-order valence-electron chi connectivity index (χ3n) is 3.11. The van der Waals surface area contributed by atoms with Gasteiger partial charge < -0.3 is 5.32 Å². The molecule has 1 rings (SSSR count). The molecule has 0 aromatic heterocycles. The van der Waals surface area contributed by atoms with Gasteiger partial charge in [-0.15, -0.1) is 0 Å². The zero-order valence-corrected chi connectivity index (χ0v) is 13.7. The maximum atomic E-state index is 6.18. The molecule has 0 aliphatic carbocycles. The number of benzene rings is 1. The van der Waals surface area contributed by atoms with Crippen molar-refractivity contribution < 1.29 is 0 Å². The molecule has 0 spiro atoms. The predicted molar refractivity (Wildman–Crippen MR) is 86.8 cm³/mol. The number of hydrogen-bond donors (Lipinski definition) is 1. The molecule has 0 amide bonds. The number of halogens is 1. The van der Waals surface area contributed by atoms with Crippen molar-refractivity contribution >= 4 is 17.7 Å². The minimum Gasteiger partial charge on any atom is -0.308 e. The maximum Gasteiger partial charge on any atom is 0.0441 e. The average molecular weight is 280 g/mol. The molecule has 1 nitrogen and oxygen atoms in total. The molecule has 0 fully saturated rings. The number of hydrogen-bond acceptors (Lipinski definition) is 1. The third-order valence-corrected chi connectivity index (χ3v) is 3.52. The molecule has 0 saturated heterocycles. The van der Waals surface area contributed by atoms with Gasteiger partial charge in [0.1, 0.15) is 0 Å². The second-order valence-electron chi connectivity index (χ2n) is 6.49. The molecule has 106 valence electrons. The quantitative estimate of drug-likeness (QED) is 0.811. The van der Waals surface area contributed by atoms with Gasteiger partial charge in [0.2, 0.25) is 0 Å². The monoisotopic (exact) mass is 279 g/mol. The lowest BCUT2D eigenvalue weighted by molar-refractivity contribution is 0.437. The first-order valence-corrected chi connectivity index (χ1v) is 7.28. The lowest BCUT2D eigenvalue weighted by Crippen LogP contribution is -2.37. The summed E-state index contributed by atoms with van der Waals surface area (Å²) in [5, 5.41) is 4.38. The van der Waals surface area contributed by atoms with Crippen molar-refractivity contribution in [3.05, 3.63) is 39.9 Å². The largest absolute Gasteiger partial charge is 0.308 e. The topological polar surface area (TPSA) is 12.0 Å². The Labute approximate surface area is 123 Å². The van der Waals surface area contributed by atoms with E-state index in [1.165, 1.54) is 11.1 Å². The fourth-order valence-electron chi connectivity index (χ4n) is 1.70. The van der Waals surface area contributed by atoms with Crippen molar-refractivity contribution in [3.8, 4) is 0 Å². The second-order valence-corrected chi connectivity index (χ2v) is 6.89. The molecule has 1 N–H and O–H groups in total. The molecule has 0 aliphatic rings. The van der Waals surface area contributed by atoms with E-state index in [9.17, 15) is 0 Å². The summed E-state index contributed by atoms with van der Waals surface area (Å²) >= 11 is 6.18. The summed E-state index contributed by atoms with van der Waals surface area (Å²) < 4.78 is 0. The molecule has 0 radical (unpaired) electrons. The zero-order chi connectivity index (χ0) is 14.6. The van der Waals surface area contributed by atoms with Crippen LogP contribution in [0.25, 0.3) is 6.08 Å². The molecular formula is C17H26ClN. The molecule has 0 saturated carbocycles. The van der Waals surface area contributed by atoms with Crippen molar-refractivity contribution in [2.45, 2.75) is 47.1 Å². The van der Waals surface area contributed by atoms with Crippen LogP contribution >= 0.6 is 11.6 Å². The highest BCUT2D eigenvalue weighted by Crippen LogP contribution is 2.20. The molecule has 0 aliphatic heterocycles. The molecule has 1 aromatic carbocycles. The molecule has 0 bridgehead atoms. The molecule has 2 heteroatoms. The number of nitrogens with one attached hydrogen (secondary N) is 1. The van der Waals surface area contributed by atoms with Crippen LogP contribution in [0.4, 0.5) is 0 Å². The minimum absolute atomic E-state index is 0.138. The van der Waals surface area contributed by atoms with Gasteiger partial charge in [-0.25, -0.2) is 0 Å². The number of rotatable bonds is 4. The van der Waals surface area contributed by atoms with Gasteiger partial charge in [-0.2, -0.15) is 0 Å². The molecular weight excluding hydrogens is 254 g/mol. The first kappa shape index (κ1) is 16.3. The molecule has 0 unspecified atom stereocenters. The van der Waals surface area contributed by atoms with E-state index in [2.05, 4.69) is 58.1 Å². The van der Waals surface area contributed by atoms with Crippen molar-refractivity contribution in [2.75, 3.05) is 6.54 Å². The zero-order valence-electron chi connectivity index (χ0n) is 13.0. The van der Waals surface area contributed by atoms with Crippen LogP contribution in [0.3, 0.4) is 0 Å². The Hall–Kier alpha value is -0.790. The van der Waals surface area contributed by atoms with E-state index in [1.54, 1.807) is 0 Å². The predicted octanol–water partition coefficient (Wildman–Crippen LogP) is 5.08. The lowest BCUT2D eigenvalue weighted by atomic mass is 9.98. The van der Waals surface area contributed by atoms with Gasteiger partial charge in [0.25, 0.3) is 0 Å². The van der Waals surface area contributed by atoms with Crippen molar-refractivity contribution in [1.29, 1.82) is 0 Å². The Bertz CT molecular complexity index is 453. The second kappa shape index (κ2) is 6.58. The normalized spacial score (nSPS) is 13.2. The standard InChI is InChI=1S/C17H26ClN/c1-12(2)15(11-19-17(4,5)6)9-14-8-7-13(3)16(18)10-14/h7-10,12,19H,11H2,1-6H3/b15-9+. The molecule has 1 aromatic rings. The van der Waals surface area contributed by atoms with Gasteiger partial charge in [-0.3, -0.25) is 0 Å². The number of aryl methyl sites for hydroxylation is 1. The Morgan fingerprint density at radius 3 is 2.42 bits per heavy atom. The average Bonchev–Trinajstić information content (AvgIpc) is 2.27. The van der Waals surface area contributed by atoms with Crippen LogP contribution in [-0.4, -0.2) is 12.1 Å². The van der Waals surface area contributed by atoms with Gasteiger partial charge in [0, 0.05) is 17.1 Å². The van der Waals surface area contributed by atoms with Crippen LogP contribution < -0.4 is 5.32 Å². The summed E-state index contributed by atoms with van der Waals surface area (Å²) in [5.74, 6) is 0.523. The summed E-state index contributed by atoms with van der Waals surface area (Å²) in [6, 6.07) is 6.24. The van der Waals surface area contributed by atoms with Crippen LogP contribution in [0.15, 0.2) is 23.8 Å². The first-order chi connectivity index (χ1) is 8.69. The van der Waals surface area contributed by atoms with E-state index in [1.807, 2.05) is 13.0 Å². The molecule has 0 heterocycles. The van der Waals surface area contributed by atoms with E-state index in [-0.39, 0.29) is 5.54 Å². The lowest BCUT2D eigenvalue weighted by Gasteiger charge is -2.23. The summed E-state index contributed by atoms with van der Waals surface area (Å²) in [6.45, 7) is 14.0. The van der Waals surface area contributed by atoms with Crippen LogP contribution in [0.1, 0.15) is 45.7 Å². The first-order valence-electron chi connectivity index (χ1n) is 6.90. The van der Waals surface area contributed by atoms with Crippen molar-refractivity contribution in [1.82, 2.24) is 5.32 Å². The smallest absolute Gasteiger partial charge is 0.0441 e. The van der Waals surface area contributed by atoms with E-state index in [0.717, 1.165) is 17.1 Å². The summed E-state index contributed by atoms with van der Waals surface area (Å²) in [7, 11) is 0. The van der Waals surface area contributed by atoms with Crippen LogP contribution in [0.2, 0.25) is 5.02 Å². The fraction of sp³-hybridized carbons (Fsp3) is 0.529. The van der Waals surface area contributed by atoms with Crippen LogP contribution in [-0.2, 0) is 0 Å². The van der Waals surface area contributed by atoms with Crippen LogP contribution in [0.5, 0.6) is 0 Å². The SMILES string of the molecule is Cc1ccc(/C=C(\CNC(C)(C)C)C(C)C)cc1Cl. The Balaban J connectivity index is 2.91. The highest BCUT2D eigenvalue weighted by molar-refractivity contribution is 6.31.